The molecule has 3 aromatic rings. The van der Waals surface area contributed by atoms with Crippen LogP contribution in [-0.4, -0.2) is 51.5 Å². The second-order valence-electron chi connectivity index (χ2n) is 7.39. The van der Waals surface area contributed by atoms with Crippen molar-refractivity contribution in [1.29, 1.82) is 0 Å². The molecule has 0 bridgehead atoms. The maximum Gasteiger partial charge on any atom is 0.212 e. The lowest BCUT2D eigenvalue weighted by atomic mass is 10.0. The van der Waals surface area contributed by atoms with Gasteiger partial charge in [0.2, 0.25) is 5.88 Å². The summed E-state index contributed by atoms with van der Waals surface area (Å²) in [6, 6.07) is 3.87. The molecular weight excluding hydrogens is 370 g/mol. The number of rotatable bonds is 4. The van der Waals surface area contributed by atoms with Gasteiger partial charge < -0.3 is 14.2 Å². The number of aromatic nitrogens is 5. The first-order valence-corrected chi connectivity index (χ1v) is 10.2. The number of methoxy groups -OCH3 is 1. The highest BCUT2D eigenvalue weighted by Gasteiger charge is 2.24. The number of nitrogens with zero attached hydrogens (tertiary/aromatic N) is 5. The zero-order valence-corrected chi connectivity index (χ0v) is 16.6. The summed E-state index contributed by atoms with van der Waals surface area (Å²) >= 11 is 0. The first-order valence-electron chi connectivity index (χ1n) is 10.2. The molecule has 29 heavy (non-hydrogen) atoms. The zero-order chi connectivity index (χ0) is 19.6. The fourth-order valence-corrected chi connectivity index (χ4v) is 4.06. The second-order valence-corrected chi connectivity index (χ2v) is 7.39. The van der Waals surface area contributed by atoms with E-state index in [1.807, 2.05) is 40.1 Å². The molecule has 2 aliphatic rings. The second kappa shape index (κ2) is 7.96. The van der Waals surface area contributed by atoms with Gasteiger partial charge in [0, 0.05) is 36.4 Å². The van der Waals surface area contributed by atoms with E-state index in [-0.39, 0.29) is 6.23 Å². The van der Waals surface area contributed by atoms with Crippen LogP contribution in [0.25, 0.3) is 16.9 Å². The van der Waals surface area contributed by atoms with Crippen LogP contribution >= 0.6 is 0 Å². The molecule has 0 saturated carbocycles. The van der Waals surface area contributed by atoms with Crippen molar-refractivity contribution < 1.29 is 14.2 Å². The summed E-state index contributed by atoms with van der Waals surface area (Å²) in [5.74, 6) is 0.594. The summed E-state index contributed by atoms with van der Waals surface area (Å²) < 4.78 is 20.7. The highest BCUT2D eigenvalue weighted by atomic mass is 16.5. The van der Waals surface area contributed by atoms with Crippen molar-refractivity contribution >= 4 is 0 Å². The molecule has 0 spiro atoms. The van der Waals surface area contributed by atoms with Crippen LogP contribution in [0.1, 0.15) is 36.7 Å². The van der Waals surface area contributed by atoms with Gasteiger partial charge in [-0.15, -0.1) is 0 Å². The number of hydrogen-bond donors (Lipinski definition) is 0. The zero-order valence-electron chi connectivity index (χ0n) is 16.6. The molecule has 152 valence electrons. The van der Waals surface area contributed by atoms with E-state index in [4.69, 9.17) is 19.3 Å². The van der Waals surface area contributed by atoms with Crippen LogP contribution in [0.2, 0.25) is 0 Å². The monoisotopic (exact) mass is 395 g/mol. The maximum atomic E-state index is 5.87. The molecule has 5 heterocycles. The van der Waals surface area contributed by atoms with E-state index in [9.17, 15) is 0 Å². The van der Waals surface area contributed by atoms with E-state index in [1.165, 1.54) is 17.7 Å². The molecular formula is C21H25N5O3. The van der Waals surface area contributed by atoms with Crippen molar-refractivity contribution in [3.63, 3.8) is 0 Å². The topological polar surface area (TPSA) is 76.2 Å². The third-order valence-corrected chi connectivity index (χ3v) is 5.57. The van der Waals surface area contributed by atoms with Crippen LogP contribution in [0.4, 0.5) is 0 Å². The fraction of sp³-hybridized carbons (Fsp3) is 0.476. The van der Waals surface area contributed by atoms with E-state index in [0.717, 1.165) is 49.2 Å². The predicted molar refractivity (Wildman–Crippen MR) is 106 cm³/mol. The van der Waals surface area contributed by atoms with Gasteiger partial charge >= 0.3 is 0 Å². The summed E-state index contributed by atoms with van der Waals surface area (Å²) in [7, 11) is 1.62. The lowest BCUT2D eigenvalue weighted by Crippen LogP contribution is -2.18. The Bertz CT molecular complexity index is 973. The number of ether oxygens (including phenoxy) is 3. The average molecular weight is 395 g/mol. The Balaban J connectivity index is 1.54. The largest absolute Gasteiger partial charge is 0.481 e. The molecule has 5 rings (SSSR count). The van der Waals surface area contributed by atoms with Crippen LogP contribution < -0.4 is 4.74 Å². The highest BCUT2D eigenvalue weighted by Crippen LogP contribution is 2.31. The van der Waals surface area contributed by atoms with Crippen molar-refractivity contribution in [2.24, 2.45) is 0 Å². The molecule has 8 heteroatoms. The Kier molecular flexibility index (Phi) is 5.03. The number of hydrogen-bond acceptors (Lipinski definition) is 6. The molecule has 0 aliphatic carbocycles. The van der Waals surface area contributed by atoms with Gasteiger partial charge in [0.1, 0.15) is 11.9 Å². The summed E-state index contributed by atoms with van der Waals surface area (Å²) in [5.41, 5.74) is 5.27. The Morgan fingerprint density at radius 2 is 2.03 bits per heavy atom. The molecule has 1 saturated heterocycles. The van der Waals surface area contributed by atoms with Gasteiger partial charge in [-0.3, -0.25) is 0 Å². The van der Waals surface area contributed by atoms with Gasteiger partial charge in [-0.25, -0.2) is 14.3 Å². The minimum Gasteiger partial charge on any atom is -0.481 e. The SMILES string of the molecule is COc1ccc(-c2nn(-c3cnn(C4CCCCO4)c3)c3c2CCOCC3)cn1. The maximum absolute atomic E-state index is 5.87. The van der Waals surface area contributed by atoms with E-state index in [1.54, 1.807) is 7.11 Å². The van der Waals surface area contributed by atoms with Crippen LogP contribution in [0, 0.1) is 0 Å². The molecule has 3 aromatic heterocycles. The van der Waals surface area contributed by atoms with E-state index in [2.05, 4.69) is 10.1 Å². The van der Waals surface area contributed by atoms with Crippen molar-refractivity contribution in [2.75, 3.05) is 26.9 Å². The highest BCUT2D eigenvalue weighted by molar-refractivity contribution is 5.64. The van der Waals surface area contributed by atoms with Crippen LogP contribution in [0.5, 0.6) is 5.88 Å². The molecule has 0 N–H and O–H groups in total. The molecule has 1 atom stereocenters. The lowest BCUT2D eigenvalue weighted by molar-refractivity contribution is -0.0394. The molecule has 2 aliphatic heterocycles. The van der Waals surface area contributed by atoms with Gasteiger partial charge in [0.05, 0.1) is 44.1 Å². The normalized spacial score (nSPS) is 19.6. The Hall–Kier alpha value is -2.71. The van der Waals surface area contributed by atoms with Crippen molar-refractivity contribution in [1.82, 2.24) is 24.5 Å². The molecule has 0 radical (unpaired) electrons. The van der Waals surface area contributed by atoms with Crippen LogP contribution in [-0.2, 0) is 22.3 Å². The van der Waals surface area contributed by atoms with Crippen molar-refractivity contribution in [2.45, 2.75) is 38.3 Å². The Morgan fingerprint density at radius 1 is 1.10 bits per heavy atom. The van der Waals surface area contributed by atoms with E-state index in [0.29, 0.717) is 19.1 Å². The van der Waals surface area contributed by atoms with Gasteiger partial charge in [0.15, 0.2) is 0 Å². The first kappa shape index (κ1) is 18.3. The van der Waals surface area contributed by atoms with Gasteiger partial charge in [0.25, 0.3) is 0 Å². The van der Waals surface area contributed by atoms with Crippen molar-refractivity contribution in [3.05, 3.63) is 42.0 Å². The smallest absolute Gasteiger partial charge is 0.212 e. The molecule has 1 fully saturated rings. The standard InChI is InChI=1S/C21H25N5O3/c1-27-19-6-5-15(12-22-19)21-17-7-10-28-11-8-18(17)26(24-21)16-13-23-25(14-16)20-4-2-3-9-29-20/h5-6,12-14,20H,2-4,7-11H2,1H3. The van der Waals surface area contributed by atoms with Crippen LogP contribution in [0.15, 0.2) is 30.7 Å². The Labute approximate surface area is 169 Å². The average Bonchev–Trinajstić information content (AvgIpc) is 3.32. The minimum absolute atomic E-state index is 0.0141. The van der Waals surface area contributed by atoms with Gasteiger partial charge in [-0.1, -0.05) is 0 Å². The number of pyridine rings is 1. The first-order chi connectivity index (χ1) is 14.3. The summed E-state index contributed by atoms with van der Waals surface area (Å²) in [6.45, 7) is 2.19. The molecule has 0 amide bonds. The third-order valence-electron chi connectivity index (χ3n) is 5.57. The molecule has 1 unspecified atom stereocenters. The van der Waals surface area contributed by atoms with Crippen molar-refractivity contribution in [3.8, 4) is 22.8 Å². The predicted octanol–water partition coefficient (Wildman–Crippen LogP) is 2.95. The minimum atomic E-state index is 0.0141. The Morgan fingerprint density at radius 3 is 2.83 bits per heavy atom. The number of fused-ring (bicyclic) bond motifs is 1. The van der Waals surface area contributed by atoms with E-state index < -0.39 is 0 Å². The fourth-order valence-electron chi connectivity index (χ4n) is 4.06. The quantitative estimate of drug-likeness (QED) is 0.676. The van der Waals surface area contributed by atoms with E-state index >= 15 is 0 Å². The lowest BCUT2D eigenvalue weighted by Gasteiger charge is -2.22. The van der Waals surface area contributed by atoms with Gasteiger partial charge in [-0.2, -0.15) is 10.2 Å². The van der Waals surface area contributed by atoms with Crippen LogP contribution in [0.3, 0.4) is 0 Å². The molecule has 8 nitrogen and oxygen atoms in total. The summed E-state index contributed by atoms with van der Waals surface area (Å²) in [6.07, 6.45) is 10.7. The molecule has 0 aromatic carbocycles. The summed E-state index contributed by atoms with van der Waals surface area (Å²) in [5, 5.41) is 9.54. The van der Waals surface area contributed by atoms with Gasteiger partial charge in [-0.05, 0) is 31.7 Å². The third kappa shape index (κ3) is 3.54. The summed E-state index contributed by atoms with van der Waals surface area (Å²) in [4.78, 5) is 4.36.